The van der Waals surface area contributed by atoms with Gasteiger partial charge in [0.15, 0.2) is 0 Å². The van der Waals surface area contributed by atoms with Gasteiger partial charge in [-0.25, -0.2) is 26.3 Å². The van der Waals surface area contributed by atoms with Gasteiger partial charge in [-0.2, -0.15) is 0 Å². The van der Waals surface area contributed by atoms with Crippen LogP contribution in [0, 0.1) is 34.5 Å². The molecule has 0 aliphatic heterocycles. The summed E-state index contributed by atoms with van der Waals surface area (Å²) in [4.78, 5) is 26.1. The Labute approximate surface area is 363 Å². The molecule has 0 atom stereocenters. The van der Waals surface area contributed by atoms with Crippen molar-refractivity contribution in [1.29, 1.82) is 0 Å². The van der Waals surface area contributed by atoms with Crippen molar-refractivity contribution in [1.82, 2.24) is 20.1 Å². The first kappa shape index (κ1) is 48.2. The third-order valence-corrected chi connectivity index (χ3v) is 17.2. The van der Waals surface area contributed by atoms with E-state index in [-0.39, 0.29) is 67.7 Å². The van der Waals surface area contributed by atoms with Crippen molar-refractivity contribution in [2.45, 2.75) is 192 Å². The number of amides is 2. The normalized spacial score (nSPS) is 28.1. The van der Waals surface area contributed by atoms with Crippen molar-refractivity contribution in [3.63, 3.8) is 0 Å². The zero-order chi connectivity index (χ0) is 43.9. The van der Waals surface area contributed by atoms with Crippen molar-refractivity contribution < 1.29 is 26.4 Å². The van der Waals surface area contributed by atoms with E-state index in [0.717, 1.165) is 103 Å². The van der Waals surface area contributed by atoms with E-state index in [1.165, 1.54) is 6.07 Å². The van der Waals surface area contributed by atoms with E-state index >= 15 is 0 Å². The second-order valence-corrected chi connectivity index (χ2v) is 24.3. The molecule has 4 N–H and O–H groups in total. The van der Waals surface area contributed by atoms with E-state index in [2.05, 4.69) is 75.5 Å². The summed E-state index contributed by atoms with van der Waals surface area (Å²) in [5, 5.41) is 6.16. The van der Waals surface area contributed by atoms with Crippen LogP contribution in [0.5, 0.6) is 0 Å². The molecule has 0 spiro atoms. The van der Waals surface area contributed by atoms with Gasteiger partial charge in [0.25, 0.3) is 11.8 Å². The van der Waals surface area contributed by atoms with Crippen LogP contribution >= 0.6 is 0 Å². The lowest BCUT2D eigenvalue weighted by Gasteiger charge is -2.37. The van der Waals surface area contributed by atoms with Crippen molar-refractivity contribution in [3.8, 4) is 0 Å². The minimum atomic E-state index is -3.77. The molecule has 4 aliphatic carbocycles. The van der Waals surface area contributed by atoms with E-state index < -0.39 is 20.0 Å². The lowest BCUT2D eigenvalue weighted by Crippen LogP contribution is -2.41. The van der Waals surface area contributed by atoms with Crippen molar-refractivity contribution in [2.24, 2.45) is 34.5 Å². The summed E-state index contributed by atoms with van der Waals surface area (Å²) >= 11 is 0. The molecule has 12 heteroatoms. The summed E-state index contributed by atoms with van der Waals surface area (Å²) in [6.45, 7) is 18.0. The molecule has 0 aromatic heterocycles. The first-order valence-electron chi connectivity index (χ1n) is 23.0. The molecular formula is C48H76N4O6S2. The van der Waals surface area contributed by atoms with Crippen LogP contribution in [0.2, 0.25) is 0 Å². The highest BCUT2D eigenvalue weighted by Gasteiger charge is 2.34. The van der Waals surface area contributed by atoms with E-state index in [9.17, 15) is 26.4 Å². The van der Waals surface area contributed by atoms with Gasteiger partial charge in [-0.1, -0.05) is 79.7 Å². The standard InChI is InChI=1S/C27H44N2O3S.C21H32N2O3S/c1-26(2,3)19-11-15-21(16-12-19)28-25(30)23-9-7-8-10-24(23)33(31,32)29-22-17-13-20(14-18-22)27(4,5)6;1-15-7-11-17(12-8-15)22-21(24)19-5-3-4-6-20(19)27(25,26)23-18-13-9-16(2)10-14-18/h7-10,19-22,29H,11-18H2,1-6H3,(H,28,30);3-6,15-18,23H,7-14H2,1-2H3,(H,22,24). The van der Waals surface area contributed by atoms with Gasteiger partial charge in [-0.3, -0.25) is 9.59 Å². The van der Waals surface area contributed by atoms with Crippen LogP contribution in [0.1, 0.15) is 179 Å². The molecule has 0 saturated heterocycles. The summed E-state index contributed by atoms with van der Waals surface area (Å²) in [6, 6.07) is 13.3. The van der Waals surface area contributed by atoms with Crippen LogP contribution < -0.4 is 20.1 Å². The van der Waals surface area contributed by atoms with E-state index in [1.807, 2.05) is 0 Å². The predicted octanol–water partition coefficient (Wildman–Crippen LogP) is 9.76. The van der Waals surface area contributed by atoms with E-state index in [0.29, 0.717) is 23.7 Å². The lowest BCUT2D eigenvalue weighted by atomic mass is 9.71. The van der Waals surface area contributed by atoms with Crippen LogP contribution in [0.25, 0.3) is 0 Å². The molecule has 2 aromatic rings. The summed E-state index contributed by atoms with van der Waals surface area (Å²) in [5.74, 6) is 2.07. The summed E-state index contributed by atoms with van der Waals surface area (Å²) in [7, 11) is -7.48. The van der Waals surface area contributed by atoms with Gasteiger partial charge >= 0.3 is 0 Å². The van der Waals surface area contributed by atoms with Gasteiger partial charge in [0, 0.05) is 24.2 Å². The first-order valence-corrected chi connectivity index (χ1v) is 25.9. The predicted molar refractivity (Wildman–Crippen MR) is 242 cm³/mol. The Bertz CT molecular complexity index is 1940. The molecule has 0 heterocycles. The lowest BCUT2D eigenvalue weighted by molar-refractivity contribution is 0.0897. The topological polar surface area (TPSA) is 151 Å². The summed E-state index contributed by atoms with van der Waals surface area (Å²) in [6.07, 6.45) is 15.7. The van der Waals surface area contributed by atoms with Crippen molar-refractivity contribution >= 4 is 31.9 Å². The number of nitrogens with one attached hydrogen (secondary N) is 4. The van der Waals surface area contributed by atoms with Gasteiger partial charge in [-0.15, -0.1) is 0 Å². The molecule has 6 rings (SSSR count). The van der Waals surface area contributed by atoms with E-state index in [4.69, 9.17) is 0 Å². The highest BCUT2D eigenvalue weighted by Crippen LogP contribution is 2.39. The number of carbonyl (C=O) groups is 2. The molecule has 0 unspecified atom stereocenters. The molecule has 10 nitrogen and oxygen atoms in total. The third-order valence-electron chi connectivity index (χ3n) is 14.1. The van der Waals surface area contributed by atoms with Crippen molar-refractivity contribution in [3.05, 3.63) is 59.7 Å². The Morgan fingerprint density at radius 3 is 1.07 bits per heavy atom. The van der Waals surface area contributed by atoms with Crippen LogP contribution in [-0.2, 0) is 20.0 Å². The molecule has 4 saturated carbocycles. The maximum absolute atomic E-state index is 13.3. The van der Waals surface area contributed by atoms with Gasteiger partial charge in [-0.05, 0) is 162 Å². The Hall–Kier alpha value is -2.80. The summed E-state index contributed by atoms with van der Waals surface area (Å²) < 4.78 is 58.1. The number of hydrogen-bond donors (Lipinski definition) is 4. The van der Waals surface area contributed by atoms with Gasteiger partial charge in [0.2, 0.25) is 20.0 Å². The molecular weight excluding hydrogens is 793 g/mol. The molecule has 4 fully saturated rings. The number of carbonyl (C=O) groups excluding carboxylic acids is 2. The highest BCUT2D eigenvalue weighted by molar-refractivity contribution is 7.90. The second kappa shape index (κ2) is 20.6. The van der Waals surface area contributed by atoms with Crippen LogP contribution in [0.3, 0.4) is 0 Å². The van der Waals surface area contributed by atoms with Crippen molar-refractivity contribution in [2.75, 3.05) is 0 Å². The third kappa shape index (κ3) is 13.6. The van der Waals surface area contributed by atoms with Crippen LogP contribution in [-0.4, -0.2) is 52.8 Å². The van der Waals surface area contributed by atoms with Gasteiger partial charge in [0.1, 0.15) is 0 Å². The second-order valence-electron chi connectivity index (χ2n) is 20.9. The largest absolute Gasteiger partial charge is 0.349 e. The quantitative estimate of drug-likeness (QED) is 0.187. The molecule has 0 radical (unpaired) electrons. The average Bonchev–Trinajstić information content (AvgIpc) is 3.19. The van der Waals surface area contributed by atoms with Gasteiger partial charge in [0.05, 0.1) is 20.9 Å². The Morgan fingerprint density at radius 1 is 0.450 bits per heavy atom. The number of benzene rings is 2. The minimum absolute atomic E-state index is 0.0397. The van der Waals surface area contributed by atoms with E-state index in [1.54, 1.807) is 42.5 Å². The monoisotopic (exact) mass is 869 g/mol. The SMILES string of the molecule is CC(C)(C)C1CCC(NC(=O)c2ccccc2S(=O)(=O)NC2CCC(C(C)(C)C)CC2)CC1.CC1CCC(NC(=O)c2ccccc2S(=O)(=O)NC2CCC(C)CC2)CC1. The fraction of sp³-hybridized carbons (Fsp3) is 0.708. The summed E-state index contributed by atoms with van der Waals surface area (Å²) in [5.41, 5.74) is 1.02. The van der Waals surface area contributed by atoms with Crippen LogP contribution in [0.4, 0.5) is 0 Å². The molecule has 60 heavy (non-hydrogen) atoms. The Morgan fingerprint density at radius 2 is 0.733 bits per heavy atom. The minimum Gasteiger partial charge on any atom is -0.349 e. The molecule has 2 amide bonds. The zero-order valence-electron chi connectivity index (χ0n) is 37.8. The average molecular weight is 869 g/mol. The number of hydrogen-bond acceptors (Lipinski definition) is 6. The smallest absolute Gasteiger partial charge is 0.252 e. The van der Waals surface area contributed by atoms with Crippen LogP contribution in [0.15, 0.2) is 58.3 Å². The zero-order valence-corrected chi connectivity index (χ0v) is 39.5. The highest BCUT2D eigenvalue weighted by atomic mass is 32.2. The Balaban J connectivity index is 0.000000232. The fourth-order valence-electron chi connectivity index (χ4n) is 9.83. The first-order chi connectivity index (χ1) is 28.1. The Kier molecular flexibility index (Phi) is 16.6. The number of sulfonamides is 2. The molecule has 336 valence electrons. The fourth-order valence-corrected chi connectivity index (χ4v) is 12.9. The molecule has 4 aliphatic rings. The van der Waals surface area contributed by atoms with Gasteiger partial charge < -0.3 is 10.6 Å². The number of rotatable bonds is 10. The maximum atomic E-state index is 13.3. The molecule has 0 bridgehead atoms. The molecule has 2 aromatic carbocycles. The maximum Gasteiger partial charge on any atom is 0.252 e.